The molecule has 0 spiro atoms. The van der Waals surface area contributed by atoms with Crippen molar-refractivity contribution in [2.75, 3.05) is 12.9 Å². The van der Waals surface area contributed by atoms with Crippen molar-refractivity contribution in [3.63, 3.8) is 0 Å². The molecule has 0 heterocycles. The Morgan fingerprint density at radius 1 is 0.943 bits per heavy atom. The molecular formula is C27H30FNO5S. The first kappa shape index (κ1) is 24.0. The molecule has 8 heteroatoms. The number of carbonyl (C=O) groups excluding carboxylic acids is 2. The second kappa shape index (κ2) is 9.04. The van der Waals surface area contributed by atoms with Gasteiger partial charge >= 0.3 is 5.97 Å². The highest BCUT2D eigenvalue weighted by Gasteiger charge is 2.54. The molecule has 0 N–H and O–H groups in total. The second-order valence-corrected chi connectivity index (χ2v) is 12.6. The number of halogens is 1. The number of benzene rings is 2. The van der Waals surface area contributed by atoms with Crippen molar-refractivity contribution in [3.05, 3.63) is 65.5 Å². The van der Waals surface area contributed by atoms with E-state index in [2.05, 4.69) is 0 Å². The fourth-order valence-electron chi connectivity index (χ4n) is 6.82. The lowest BCUT2D eigenvalue weighted by Crippen LogP contribution is -2.61. The Morgan fingerprint density at radius 3 is 2.00 bits per heavy atom. The Morgan fingerprint density at radius 2 is 1.49 bits per heavy atom. The average Bonchev–Trinajstić information content (AvgIpc) is 2.80. The number of ether oxygens (including phenoxy) is 1. The van der Waals surface area contributed by atoms with Gasteiger partial charge in [0.25, 0.3) is 5.91 Å². The van der Waals surface area contributed by atoms with Crippen LogP contribution in [0, 0.1) is 23.6 Å². The molecule has 35 heavy (non-hydrogen) atoms. The van der Waals surface area contributed by atoms with Gasteiger partial charge in [0, 0.05) is 18.3 Å². The molecule has 2 aromatic rings. The molecule has 4 aliphatic rings. The van der Waals surface area contributed by atoms with Crippen LogP contribution in [0.25, 0.3) is 0 Å². The lowest BCUT2D eigenvalue weighted by atomic mass is 9.52. The summed E-state index contributed by atoms with van der Waals surface area (Å²) >= 11 is 0. The van der Waals surface area contributed by atoms with Crippen LogP contribution < -0.4 is 0 Å². The van der Waals surface area contributed by atoms with Crippen LogP contribution in [0.3, 0.4) is 0 Å². The fourth-order valence-corrected chi connectivity index (χ4v) is 7.45. The maximum absolute atomic E-state index is 13.5. The Kier molecular flexibility index (Phi) is 6.20. The number of nitrogens with zero attached hydrogens (tertiary/aromatic N) is 1. The summed E-state index contributed by atoms with van der Waals surface area (Å²) in [7, 11) is -3.37. The Bertz CT molecular complexity index is 1190. The fraction of sp³-hybridized carbons (Fsp3) is 0.481. The molecule has 6 nitrogen and oxygen atoms in total. The zero-order chi connectivity index (χ0) is 24.8. The largest absolute Gasteiger partial charge is 0.452 e. The van der Waals surface area contributed by atoms with Crippen LogP contribution in [-0.4, -0.2) is 43.6 Å². The predicted molar refractivity (Wildman–Crippen MR) is 128 cm³/mol. The molecular weight excluding hydrogens is 469 g/mol. The van der Waals surface area contributed by atoms with Gasteiger partial charge in [-0.3, -0.25) is 4.79 Å². The highest BCUT2D eigenvalue weighted by atomic mass is 32.2. The van der Waals surface area contributed by atoms with Crippen LogP contribution in [0.5, 0.6) is 0 Å². The van der Waals surface area contributed by atoms with E-state index in [4.69, 9.17) is 4.74 Å². The number of hydrogen-bond acceptors (Lipinski definition) is 5. The molecule has 6 rings (SSSR count). The van der Waals surface area contributed by atoms with Gasteiger partial charge in [0.05, 0.1) is 10.5 Å². The number of esters is 1. The average molecular weight is 500 g/mol. The molecule has 0 atom stereocenters. The standard InChI is InChI=1S/C27H30FNO5S/c1-35(32,33)24-8-4-22(5-9-24)26(31)34-17-25(30)29(16-18-2-6-23(28)7-3-18)27-13-19-10-20(14-27)12-21(11-19)15-27/h2-9,19-21H,10-17H2,1H3. The molecule has 2 aromatic carbocycles. The smallest absolute Gasteiger partial charge is 0.338 e. The third-order valence-electron chi connectivity index (χ3n) is 7.98. The van der Waals surface area contributed by atoms with Gasteiger partial charge in [0.2, 0.25) is 0 Å². The first-order valence-corrected chi connectivity index (χ1v) is 14.0. The SMILES string of the molecule is CS(=O)(=O)c1ccc(C(=O)OCC(=O)N(Cc2ccc(F)cc2)C23CC4CC(CC(C4)C2)C3)cc1. The highest BCUT2D eigenvalue weighted by Crippen LogP contribution is 2.58. The van der Waals surface area contributed by atoms with Crippen LogP contribution in [0.4, 0.5) is 4.39 Å². The first-order valence-electron chi connectivity index (χ1n) is 12.1. The zero-order valence-electron chi connectivity index (χ0n) is 19.8. The van der Waals surface area contributed by atoms with Crippen LogP contribution >= 0.6 is 0 Å². The zero-order valence-corrected chi connectivity index (χ0v) is 20.6. The maximum Gasteiger partial charge on any atom is 0.338 e. The molecule has 0 aliphatic heterocycles. The van der Waals surface area contributed by atoms with Crippen molar-refractivity contribution < 1.29 is 27.1 Å². The van der Waals surface area contributed by atoms with Gasteiger partial charge in [-0.25, -0.2) is 17.6 Å². The monoisotopic (exact) mass is 499 g/mol. The topological polar surface area (TPSA) is 80.7 Å². The van der Waals surface area contributed by atoms with E-state index in [1.165, 1.54) is 55.7 Å². The predicted octanol–water partition coefficient (Wildman–Crippen LogP) is 4.38. The summed E-state index contributed by atoms with van der Waals surface area (Å²) in [5.74, 6) is 0.627. The van der Waals surface area contributed by atoms with E-state index in [9.17, 15) is 22.4 Å². The van der Waals surface area contributed by atoms with Gasteiger partial charge in [-0.05, 0) is 98.2 Å². The van der Waals surface area contributed by atoms with Crippen LogP contribution in [-0.2, 0) is 25.9 Å². The minimum absolute atomic E-state index is 0.109. The summed E-state index contributed by atoms with van der Waals surface area (Å²) in [5, 5.41) is 0. The van der Waals surface area contributed by atoms with Crippen molar-refractivity contribution in [2.24, 2.45) is 17.8 Å². The van der Waals surface area contributed by atoms with Crippen molar-refractivity contribution >= 4 is 21.7 Å². The molecule has 0 saturated heterocycles. The van der Waals surface area contributed by atoms with E-state index in [1.54, 1.807) is 12.1 Å². The van der Waals surface area contributed by atoms with Gasteiger partial charge in [0.15, 0.2) is 16.4 Å². The van der Waals surface area contributed by atoms with Gasteiger partial charge in [-0.2, -0.15) is 0 Å². The number of carbonyl (C=O) groups is 2. The normalized spacial score (nSPS) is 27.0. The van der Waals surface area contributed by atoms with E-state index in [0.29, 0.717) is 24.3 Å². The molecule has 4 fully saturated rings. The quantitative estimate of drug-likeness (QED) is 0.528. The molecule has 4 saturated carbocycles. The number of sulfone groups is 1. The minimum Gasteiger partial charge on any atom is -0.452 e. The Labute approximate surface area is 205 Å². The molecule has 0 unspecified atom stereocenters. The Balaban J connectivity index is 1.33. The number of rotatable bonds is 7. The lowest BCUT2D eigenvalue weighted by Gasteiger charge is -2.60. The van der Waals surface area contributed by atoms with E-state index in [0.717, 1.165) is 31.1 Å². The molecule has 4 bridgehead atoms. The highest BCUT2D eigenvalue weighted by molar-refractivity contribution is 7.90. The summed E-state index contributed by atoms with van der Waals surface area (Å²) in [6.07, 6.45) is 7.69. The lowest BCUT2D eigenvalue weighted by molar-refractivity contribution is -0.155. The number of amides is 1. The van der Waals surface area contributed by atoms with Crippen molar-refractivity contribution in [1.82, 2.24) is 4.90 Å². The summed E-state index contributed by atoms with van der Waals surface area (Å²) in [6.45, 7) is -0.0402. The van der Waals surface area contributed by atoms with Crippen LogP contribution in [0.15, 0.2) is 53.4 Å². The second-order valence-electron chi connectivity index (χ2n) is 10.6. The van der Waals surface area contributed by atoms with Gasteiger partial charge in [-0.15, -0.1) is 0 Å². The van der Waals surface area contributed by atoms with E-state index in [1.807, 2.05) is 4.90 Å². The van der Waals surface area contributed by atoms with E-state index >= 15 is 0 Å². The summed E-state index contributed by atoms with van der Waals surface area (Å²) in [5.41, 5.74) is 0.785. The molecule has 0 radical (unpaired) electrons. The third kappa shape index (κ3) is 4.99. The first-order chi connectivity index (χ1) is 16.6. The molecule has 1 amide bonds. The third-order valence-corrected chi connectivity index (χ3v) is 9.11. The van der Waals surface area contributed by atoms with Crippen molar-refractivity contribution in [3.8, 4) is 0 Å². The Hall–Kier alpha value is -2.74. The summed E-state index contributed by atoms with van der Waals surface area (Å²) in [4.78, 5) is 28.1. The van der Waals surface area contributed by atoms with E-state index in [-0.39, 0.29) is 27.7 Å². The van der Waals surface area contributed by atoms with Gasteiger partial charge in [-0.1, -0.05) is 12.1 Å². The van der Waals surface area contributed by atoms with Crippen molar-refractivity contribution in [1.29, 1.82) is 0 Å². The minimum atomic E-state index is -3.37. The summed E-state index contributed by atoms with van der Waals surface area (Å²) < 4.78 is 42.2. The van der Waals surface area contributed by atoms with E-state index < -0.39 is 22.4 Å². The van der Waals surface area contributed by atoms with Crippen molar-refractivity contribution in [2.45, 2.75) is 55.5 Å². The van der Waals surface area contributed by atoms with Crippen LogP contribution in [0.2, 0.25) is 0 Å². The number of hydrogen-bond donors (Lipinski definition) is 0. The van der Waals surface area contributed by atoms with Crippen LogP contribution in [0.1, 0.15) is 54.4 Å². The summed E-state index contributed by atoms with van der Waals surface area (Å²) in [6, 6.07) is 11.7. The molecule has 4 aliphatic carbocycles. The molecule has 186 valence electrons. The van der Waals surface area contributed by atoms with Gasteiger partial charge in [0.1, 0.15) is 5.82 Å². The van der Waals surface area contributed by atoms with Gasteiger partial charge < -0.3 is 9.64 Å². The molecule has 0 aromatic heterocycles. The maximum atomic E-state index is 13.5.